The molecule has 0 saturated carbocycles. The Balaban J connectivity index is 2.30. The van der Waals surface area contributed by atoms with Crippen molar-refractivity contribution in [3.05, 3.63) is 35.9 Å². The van der Waals surface area contributed by atoms with Crippen molar-refractivity contribution in [1.29, 1.82) is 0 Å². The van der Waals surface area contributed by atoms with Crippen molar-refractivity contribution >= 4 is 12.0 Å². The van der Waals surface area contributed by atoms with Gasteiger partial charge in [0.1, 0.15) is 5.60 Å². The smallest absolute Gasteiger partial charge is 0.417 e. The van der Waals surface area contributed by atoms with Crippen LogP contribution in [0.5, 0.6) is 0 Å². The van der Waals surface area contributed by atoms with Gasteiger partial charge in [0, 0.05) is 5.92 Å². The molecule has 2 amide bonds. The van der Waals surface area contributed by atoms with Gasteiger partial charge in [0.2, 0.25) is 5.91 Å². The van der Waals surface area contributed by atoms with Gasteiger partial charge in [-0.3, -0.25) is 4.79 Å². The summed E-state index contributed by atoms with van der Waals surface area (Å²) in [6, 6.07) is 9.58. The summed E-state index contributed by atoms with van der Waals surface area (Å²) in [5.74, 6) is -0.406. The summed E-state index contributed by atoms with van der Waals surface area (Å²) >= 11 is 0. The first kappa shape index (κ1) is 14.6. The number of imide groups is 1. The average molecular weight is 275 g/mol. The zero-order valence-corrected chi connectivity index (χ0v) is 12.4. The van der Waals surface area contributed by atoms with Crippen LogP contribution in [0.3, 0.4) is 0 Å². The first-order valence-electron chi connectivity index (χ1n) is 6.93. The topological polar surface area (TPSA) is 46.6 Å². The van der Waals surface area contributed by atoms with E-state index < -0.39 is 11.7 Å². The number of amides is 2. The molecule has 0 aliphatic carbocycles. The van der Waals surface area contributed by atoms with Crippen LogP contribution < -0.4 is 0 Å². The van der Waals surface area contributed by atoms with Gasteiger partial charge in [0.05, 0.1) is 6.04 Å². The summed E-state index contributed by atoms with van der Waals surface area (Å²) in [6.45, 7) is 7.29. The molecule has 0 unspecified atom stereocenters. The Morgan fingerprint density at radius 1 is 1.30 bits per heavy atom. The minimum Gasteiger partial charge on any atom is -0.441 e. The number of cyclic esters (lactones) is 1. The Morgan fingerprint density at radius 3 is 2.45 bits per heavy atom. The average Bonchev–Trinajstić information content (AvgIpc) is 2.59. The van der Waals surface area contributed by atoms with Crippen LogP contribution in [0.4, 0.5) is 4.79 Å². The van der Waals surface area contributed by atoms with E-state index in [2.05, 4.69) is 0 Å². The van der Waals surface area contributed by atoms with Crippen LogP contribution in [0.25, 0.3) is 0 Å². The van der Waals surface area contributed by atoms with E-state index in [-0.39, 0.29) is 17.9 Å². The van der Waals surface area contributed by atoms with Crippen molar-refractivity contribution in [2.24, 2.45) is 5.92 Å². The van der Waals surface area contributed by atoms with Crippen molar-refractivity contribution in [2.75, 3.05) is 0 Å². The van der Waals surface area contributed by atoms with Gasteiger partial charge in [-0.25, -0.2) is 9.69 Å². The Kier molecular flexibility index (Phi) is 3.84. The molecule has 0 spiro atoms. The fraction of sp³-hybridized carbons (Fsp3) is 0.500. The molecule has 4 nitrogen and oxygen atoms in total. The predicted octanol–water partition coefficient (Wildman–Crippen LogP) is 3.01. The molecule has 1 saturated heterocycles. The molecule has 108 valence electrons. The number of hydrogen-bond donors (Lipinski definition) is 0. The minimum atomic E-state index is -0.669. The fourth-order valence-electron chi connectivity index (χ4n) is 2.48. The van der Waals surface area contributed by atoms with Crippen LogP contribution >= 0.6 is 0 Å². The van der Waals surface area contributed by atoms with Gasteiger partial charge in [-0.1, -0.05) is 44.2 Å². The molecule has 1 fully saturated rings. The number of ether oxygens (including phenoxy) is 1. The fourth-order valence-corrected chi connectivity index (χ4v) is 2.48. The molecule has 1 aliphatic heterocycles. The predicted molar refractivity (Wildman–Crippen MR) is 76.2 cm³/mol. The maximum atomic E-state index is 12.3. The monoisotopic (exact) mass is 275 g/mol. The van der Waals surface area contributed by atoms with Gasteiger partial charge in [-0.2, -0.15) is 0 Å². The highest BCUT2D eigenvalue weighted by Crippen LogP contribution is 2.32. The van der Waals surface area contributed by atoms with Crippen molar-refractivity contribution in [3.63, 3.8) is 0 Å². The van der Waals surface area contributed by atoms with E-state index in [1.807, 2.05) is 44.2 Å². The lowest BCUT2D eigenvalue weighted by atomic mass is 9.91. The normalized spacial score (nSPS) is 21.1. The number of rotatable bonds is 3. The number of hydrogen-bond acceptors (Lipinski definition) is 3. The maximum Gasteiger partial charge on any atom is 0.417 e. The molecule has 1 heterocycles. The maximum absolute atomic E-state index is 12.3. The molecule has 4 heteroatoms. The molecular weight excluding hydrogens is 254 g/mol. The van der Waals surface area contributed by atoms with E-state index in [4.69, 9.17) is 4.74 Å². The number of carbonyl (C=O) groups excluding carboxylic acids is 2. The molecule has 1 aromatic rings. The highest BCUT2D eigenvalue weighted by Gasteiger charge is 2.50. The van der Waals surface area contributed by atoms with Crippen LogP contribution in [0.1, 0.15) is 33.3 Å². The first-order valence-corrected chi connectivity index (χ1v) is 6.93. The summed E-state index contributed by atoms with van der Waals surface area (Å²) in [4.78, 5) is 25.6. The SMILES string of the molecule is CC(C)C(=O)N1C(=O)OC(C)(C)[C@@H]1Cc1ccccc1. The summed E-state index contributed by atoms with van der Waals surface area (Å²) in [5.41, 5.74) is 0.419. The lowest BCUT2D eigenvalue weighted by Crippen LogP contribution is -2.47. The second-order valence-electron chi connectivity index (χ2n) is 6.04. The zero-order chi connectivity index (χ0) is 14.9. The van der Waals surface area contributed by atoms with Crippen molar-refractivity contribution in [2.45, 2.75) is 45.8 Å². The van der Waals surface area contributed by atoms with Crippen molar-refractivity contribution < 1.29 is 14.3 Å². The number of carbonyl (C=O) groups is 2. The number of nitrogens with zero attached hydrogens (tertiary/aromatic N) is 1. The third-order valence-electron chi connectivity index (χ3n) is 3.66. The molecule has 1 atom stereocenters. The molecule has 0 radical (unpaired) electrons. The molecule has 0 N–H and O–H groups in total. The van der Waals surface area contributed by atoms with E-state index in [9.17, 15) is 9.59 Å². The number of benzene rings is 1. The van der Waals surface area contributed by atoms with Gasteiger partial charge in [-0.15, -0.1) is 0 Å². The second kappa shape index (κ2) is 5.27. The Morgan fingerprint density at radius 2 is 1.90 bits per heavy atom. The summed E-state index contributed by atoms with van der Waals surface area (Å²) in [7, 11) is 0. The van der Waals surface area contributed by atoms with Crippen molar-refractivity contribution in [3.8, 4) is 0 Å². The third-order valence-corrected chi connectivity index (χ3v) is 3.66. The van der Waals surface area contributed by atoms with Crippen LogP contribution in [0, 0.1) is 5.92 Å². The van der Waals surface area contributed by atoms with Crippen LogP contribution in [0.15, 0.2) is 30.3 Å². The Labute approximate surface area is 119 Å². The van der Waals surface area contributed by atoms with Crippen LogP contribution in [-0.2, 0) is 16.0 Å². The first-order chi connectivity index (χ1) is 9.33. The van der Waals surface area contributed by atoms with E-state index in [0.29, 0.717) is 6.42 Å². The summed E-state index contributed by atoms with van der Waals surface area (Å²) < 4.78 is 5.38. The van der Waals surface area contributed by atoms with Gasteiger partial charge < -0.3 is 4.74 Å². The quantitative estimate of drug-likeness (QED) is 0.852. The highest BCUT2D eigenvalue weighted by molar-refractivity contribution is 5.95. The lowest BCUT2D eigenvalue weighted by molar-refractivity contribution is -0.132. The van der Waals surface area contributed by atoms with Gasteiger partial charge in [0.15, 0.2) is 0 Å². The molecular formula is C16H21NO3. The highest BCUT2D eigenvalue weighted by atomic mass is 16.6. The molecule has 1 aromatic carbocycles. The molecule has 0 bridgehead atoms. The van der Waals surface area contributed by atoms with Crippen LogP contribution in [0.2, 0.25) is 0 Å². The molecule has 2 rings (SSSR count). The minimum absolute atomic E-state index is 0.179. The molecule has 1 aliphatic rings. The lowest BCUT2D eigenvalue weighted by Gasteiger charge is -2.28. The van der Waals surface area contributed by atoms with Gasteiger partial charge >= 0.3 is 6.09 Å². The summed E-state index contributed by atoms with van der Waals surface area (Å²) in [6.07, 6.45) is 0.0764. The molecule has 20 heavy (non-hydrogen) atoms. The Hall–Kier alpha value is -1.84. The van der Waals surface area contributed by atoms with E-state index >= 15 is 0 Å². The van der Waals surface area contributed by atoms with E-state index in [1.54, 1.807) is 13.8 Å². The largest absolute Gasteiger partial charge is 0.441 e. The van der Waals surface area contributed by atoms with E-state index in [1.165, 1.54) is 4.90 Å². The third kappa shape index (κ3) is 2.69. The summed E-state index contributed by atoms with van der Waals surface area (Å²) in [5, 5.41) is 0. The Bertz CT molecular complexity index is 508. The standard InChI is InChI=1S/C16H21NO3/c1-11(2)14(18)17-13(16(3,4)20-15(17)19)10-12-8-6-5-7-9-12/h5-9,11,13H,10H2,1-4H3/t13-/m0/s1. The van der Waals surface area contributed by atoms with Gasteiger partial charge in [-0.05, 0) is 25.8 Å². The van der Waals surface area contributed by atoms with E-state index in [0.717, 1.165) is 5.56 Å². The van der Waals surface area contributed by atoms with Crippen LogP contribution in [-0.4, -0.2) is 28.5 Å². The van der Waals surface area contributed by atoms with Gasteiger partial charge in [0.25, 0.3) is 0 Å². The van der Waals surface area contributed by atoms with Crippen molar-refractivity contribution in [1.82, 2.24) is 4.90 Å². The zero-order valence-electron chi connectivity index (χ0n) is 12.4. The second-order valence-corrected chi connectivity index (χ2v) is 6.04. The molecule has 0 aromatic heterocycles.